The molecule has 3 rings (SSSR count). The summed E-state index contributed by atoms with van der Waals surface area (Å²) >= 11 is 2.21. The Hall–Kier alpha value is -2.49. The summed E-state index contributed by atoms with van der Waals surface area (Å²) in [5.74, 6) is 1.25. The maximum absolute atomic E-state index is 12.4. The van der Waals surface area contributed by atoms with Crippen molar-refractivity contribution >= 4 is 34.3 Å². The largest absolute Gasteiger partial charge is 0.484 e. The zero-order valence-corrected chi connectivity index (χ0v) is 17.5. The number of nitrogens with zero attached hydrogens (tertiary/aromatic N) is 4. The molecule has 0 fully saturated rings. The van der Waals surface area contributed by atoms with E-state index < -0.39 is 0 Å². The van der Waals surface area contributed by atoms with Crippen LogP contribution in [-0.2, 0) is 10.2 Å². The number of nitrogens with one attached hydrogen (secondary N) is 1. The van der Waals surface area contributed by atoms with Crippen LogP contribution in [0.2, 0.25) is 0 Å². The zero-order chi connectivity index (χ0) is 19.4. The lowest BCUT2D eigenvalue weighted by molar-refractivity contribution is -0.118. The minimum atomic E-state index is -0.286. The molecular weight excluding hydrogens is 457 g/mol. The van der Waals surface area contributed by atoms with Gasteiger partial charge in [-0.2, -0.15) is 9.78 Å². The number of rotatable bonds is 5. The van der Waals surface area contributed by atoms with Gasteiger partial charge in [0.25, 0.3) is 11.9 Å². The van der Waals surface area contributed by atoms with Gasteiger partial charge in [-0.05, 0) is 52.9 Å². The smallest absolute Gasteiger partial charge is 0.263 e. The summed E-state index contributed by atoms with van der Waals surface area (Å²) in [5, 5.41) is 7.41. The van der Waals surface area contributed by atoms with Crippen LogP contribution in [0.4, 0.5) is 5.82 Å². The number of halogens is 1. The molecule has 8 heteroatoms. The van der Waals surface area contributed by atoms with Crippen molar-refractivity contribution in [3.05, 3.63) is 58.1 Å². The molecule has 1 amide bonds. The van der Waals surface area contributed by atoms with E-state index in [1.54, 1.807) is 18.5 Å². The fourth-order valence-electron chi connectivity index (χ4n) is 2.25. The summed E-state index contributed by atoms with van der Waals surface area (Å²) < 4.78 is 8.17. The average molecular weight is 477 g/mol. The third-order valence-electron chi connectivity index (χ3n) is 3.67. The van der Waals surface area contributed by atoms with Gasteiger partial charge in [0.2, 0.25) is 0 Å². The summed E-state index contributed by atoms with van der Waals surface area (Å²) in [4.78, 5) is 20.8. The maximum Gasteiger partial charge on any atom is 0.263 e. The third kappa shape index (κ3) is 5.03. The number of hydrogen-bond acceptors (Lipinski definition) is 5. The molecule has 0 saturated carbocycles. The van der Waals surface area contributed by atoms with Gasteiger partial charge in [0.15, 0.2) is 6.61 Å². The van der Waals surface area contributed by atoms with Crippen molar-refractivity contribution in [1.82, 2.24) is 19.7 Å². The van der Waals surface area contributed by atoms with Gasteiger partial charge in [0.1, 0.15) is 11.6 Å². The van der Waals surface area contributed by atoms with E-state index >= 15 is 0 Å². The SMILES string of the molecule is CC(C)(C)c1cc(NC(=O)COc2ccc(I)cc2)n(-c2ncccn2)n1. The summed E-state index contributed by atoms with van der Waals surface area (Å²) in [5.41, 5.74) is 0.640. The topological polar surface area (TPSA) is 81.9 Å². The Kier molecular flexibility index (Phi) is 5.73. The highest BCUT2D eigenvalue weighted by Crippen LogP contribution is 2.25. The number of amides is 1. The van der Waals surface area contributed by atoms with Crippen LogP contribution >= 0.6 is 22.6 Å². The van der Waals surface area contributed by atoms with Gasteiger partial charge in [-0.25, -0.2) is 9.97 Å². The van der Waals surface area contributed by atoms with Crippen LogP contribution in [0.1, 0.15) is 26.5 Å². The molecule has 1 aromatic carbocycles. The van der Waals surface area contributed by atoms with Crippen LogP contribution in [0.3, 0.4) is 0 Å². The lowest BCUT2D eigenvalue weighted by atomic mass is 9.92. The number of anilines is 1. The molecular formula is C19H20IN5O2. The van der Waals surface area contributed by atoms with E-state index in [1.165, 1.54) is 4.68 Å². The number of aromatic nitrogens is 4. The fraction of sp³-hybridized carbons (Fsp3) is 0.263. The van der Waals surface area contributed by atoms with E-state index in [-0.39, 0.29) is 17.9 Å². The van der Waals surface area contributed by atoms with Crippen molar-refractivity contribution in [2.75, 3.05) is 11.9 Å². The second kappa shape index (κ2) is 8.03. The van der Waals surface area contributed by atoms with Gasteiger partial charge in [0.05, 0.1) is 5.69 Å². The van der Waals surface area contributed by atoms with Gasteiger partial charge in [-0.1, -0.05) is 20.8 Å². The average Bonchev–Trinajstić information content (AvgIpc) is 3.06. The van der Waals surface area contributed by atoms with Crippen LogP contribution in [0.5, 0.6) is 5.75 Å². The van der Waals surface area contributed by atoms with E-state index in [9.17, 15) is 4.79 Å². The number of hydrogen-bond donors (Lipinski definition) is 1. The molecule has 0 radical (unpaired) electrons. The van der Waals surface area contributed by atoms with Crippen LogP contribution in [0.15, 0.2) is 48.8 Å². The highest BCUT2D eigenvalue weighted by atomic mass is 127. The van der Waals surface area contributed by atoms with Gasteiger partial charge in [-0.3, -0.25) is 4.79 Å². The molecule has 0 aliphatic carbocycles. The van der Waals surface area contributed by atoms with E-state index in [1.807, 2.05) is 30.3 Å². The van der Waals surface area contributed by atoms with Crippen molar-refractivity contribution in [3.8, 4) is 11.7 Å². The summed E-state index contributed by atoms with van der Waals surface area (Å²) in [6, 6.07) is 11.1. The van der Waals surface area contributed by atoms with Crippen molar-refractivity contribution in [2.24, 2.45) is 0 Å². The quantitative estimate of drug-likeness (QED) is 0.569. The molecule has 0 spiro atoms. The van der Waals surface area contributed by atoms with Crippen molar-refractivity contribution in [1.29, 1.82) is 0 Å². The Morgan fingerprint density at radius 1 is 1.19 bits per heavy atom. The standard InChI is InChI=1S/C19H20IN5O2/c1-19(2,3)15-11-16(25(24-15)18-21-9-4-10-22-18)23-17(26)12-27-14-7-5-13(20)6-8-14/h4-11H,12H2,1-3H3,(H,23,26). The van der Waals surface area contributed by atoms with Gasteiger partial charge >= 0.3 is 0 Å². The monoisotopic (exact) mass is 477 g/mol. The van der Waals surface area contributed by atoms with E-state index in [2.05, 4.69) is 63.7 Å². The van der Waals surface area contributed by atoms with Crippen LogP contribution in [-0.4, -0.2) is 32.3 Å². The first-order valence-electron chi connectivity index (χ1n) is 8.39. The molecule has 2 aromatic heterocycles. The predicted molar refractivity (Wildman–Crippen MR) is 111 cm³/mol. The number of ether oxygens (including phenoxy) is 1. The molecule has 2 heterocycles. The van der Waals surface area contributed by atoms with Crippen molar-refractivity contribution < 1.29 is 9.53 Å². The molecule has 3 aromatic rings. The Balaban J connectivity index is 1.77. The van der Waals surface area contributed by atoms with Crippen molar-refractivity contribution in [2.45, 2.75) is 26.2 Å². The maximum atomic E-state index is 12.4. The second-order valence-corrected chi connectivity index (χ2v) is 8.16. The summed E-state index contributed by atoms with van der Waals surface area (Å²) in [6.07, 6.45) is 3.26. The molecule has 0 unspecified atom stereocenters. The van der Waals surface area contributed by atoms with Gasteiger partial charge in [0, 0.05) is 27.4 Å². The highest BCUT2D eigenvalue weighted by molar-refractivity contribution is 14.1. The molecule has 0 bridgehead atoms. The lowest BCUT2D eigenvalue weighted by Gasteiger charge is -2.13. The molecule has 140 valence electrons. The van der Waals surface area contributed by atoms with Gasteiger partial charge < -0.3 is 10.1 Å². The van der Waals surface area contributed by atoms with Crippen LogP contribution < -0.4 is 10.1 Å². The molecule has 27 heavy (non-hydrogen) atoms. The van der Waals surface area contributed by atoms with E-state index in [4.69, 9.17) is 4.74 Å². The molecule has 0 aliphatic heterocycles. The first-order chi connectivity index (χ1) is 12.8. The Bertz CT molecular complexity index is 918. The Labute approximate surface area is 171 Å². The number of carbonyl (C=O) groups is 1. The van der Waals surface area contributed by atoms with Crippen LogP contribution in [0.25, 0.3) is 5.95 Å². The summed E-state index contributed by atoms with van der Waals surface area (Å²) in [7, 11) is 0. The molecule has 7 nitrogen and oxygen atoms in total. The first kappa shape index (κ1) is 19.3. The molecule has 1 N–H and O–H groups in total. The zero-order valence-electron chi connectivity index (χ0n) is 15.3. The van der Waals surface area contributed by atoms with Gasteiger partial charge in [-0.15, -0.1) is 0 Å². The minimum absolute atomic E-state index is 0.105. The van der Waals surface area contributed by atoms with Crippen molar-refractivity contribution in [3.63, 3.8) is 0 Å². The number of benzene rings is 1. The molecule has 0 atom stereocenters. The van der Waals surface area contributed by atoms with Crippen LogP contribution in [0, 0.1) is 3.57 Å². The fourth-order valence-corrected chi connectivity index (χ4v) is 2.61. The van der Waals surface area contributed by atoms with E-state index in [0.29, 0.717) is 17.5 Å². The first-order valence-corrected chi connectivity index (χ1v) is 9.47. The van der Waals surface area contributed by atoms with E-state index in [0.717, 1.165) is 9.26 Å². The normalized spacial score (nSPS) is 11.3. The lowest BCUT2D eigenvalue weighted by Crippen LogP contribution is -2.22. The third-order valence-corrected chi connectivity index (χ3v) is 4.39. The predicted octanol–water partition coefficient (Wildman–Crippen LogP) is 3.58. The molecule has 0 saturated heterocycles. The summed E-state index contributed by atoms with van der Waals surface area (Å²) in [6.45, 7) is 6.05. The highest BCUT2D eigenvalue weighted by Gasteiger charge is 2.22. The second-order valence-electron chi connectivity index (χ2n) is 6.92. The Morgan fingerprint density at radius 3 is 2.48 bits per heavy atom. The molecule has 0 aliphatic rings. The Morgan fingerprint density at radius 2 is 1.85 bits per heavy atom. The number of carbonyl (C=O) groups excluding carboxylic acids is 1. The minimum Gasteiger partial charge on any atom is -0.484 e.